The van der Waals surface area contributed by atoms with Gasteiger partial charge >= 0.3 is 0 Å². The monoisotopic (exact) mass is 487 g/mol. The van der Waals surface area contributed by atoms with Gasteiger partial charge in [-0.25, -0.2) is 0 Å². The second-order valence-corrected chi connectivity index (χ2v) is 10.1. The number of hydrogen-bond acceptors (Lipinski definition) is 3. The van der Waals surface area contributed by atoms with Gasteiger partial charge in [0.15, 0.2) is 5.11 Å². The van der Waals surface area contributed by atoms with Crippen LogP contribution in [0.1, 0.15) is 72.7 Å². The first-order valence-corrected chi connectivity index (χ1v) is 12.9. The maximum atomic E-state index is 12.9. The van der Waals surface area contributed by atoms with Gasteiger partial charge in [-0.1, -0.05) is 31.0 Å². The van der Waals surface area contributed by atoms with Gasteiger partial charge in [-0.05, 0) is 80.4 Å². The van der Waals surface area contributed by atoms with Crippen molar-refractivity contribution in [2.24, 2.45) is 0 Å². The Bertz CT molecular complexity index is 1200. The molecule has 182 valence electrons. The highest BCUT2D eigenvalue weighted by Crippen LogP contribution is 2.41. The maximum Gasteiger partial charge on any atom is 0.226 e. The Kier molecular flexibility index (Phi) is 6.86. The summed E-state index contributed by atoms with van der Waals surface area (Å²) in [6, 6.07) is 16.9. The average molecular weight is 488 g/mol. The Morgan fingerprint density at radius 1 is 1.14 bits per heavy atom. The summed E-state index contributed by atoms with van der Waals surface area (Å²) in [4.78, 5) is 19.8. The molecule has 2 aliphatic rings. The van der Waals surface area contributed by atoms with Gasteiger partial charge in [-0.3, -0.25) is 9.78 Å². The zero-order valence-electron chi connectivity index (χ0n) is 20.4. The molecule has 3 heterocycles. The molecule has 1 aromatic carbocycles. The molecule has 1 aliphatic heterocycles. The molecule has 0 spiro atoms. The van der Waals surface area contributed by atoms with Crippen LogP contribution >= 0.6 is 12.2 Å². The number of hydrogen-bond donors (Lipinski definition) is 2. The average Bonchev–Trinajstić information content (AvgIpc) is 3.60. The Morgan fingerprint density at radius 2 is 1.97 bits per heavy atom. The van der Waals surface area contributed by atoms with Crippen molar-refractivity contribution >= 4 is 28.9 Å². The van der Waals surface area contributed by atoms with E-state index in [1.165, 1.54) is 31.4 Å². The number of rotatable bonds is 7. The predicted molar refractivity (Wildman–Crippen MR) is 143 cm³/mol. The van der Waals surface area contributed by atoms with Crippen LogP contribution in [0.25, 0.3) is 0 Å². The Labute approximate surface area is 212 Å². The first-order valence-electron chi connectivity index (χ1n) is 12.5. The van der Waals surface area contributed by atoms with E-state index in [2.05, 4.69) is 49.5 Å². The fourth-order valence-corrected chi connectivity index (χ4v) is 5.78. The van der Waals surface area contributed by atoms with Crippen LogP contribution in [0.4, 0.5) is 5.69 Å². The minimum Gasteiger partial charge on any atom is -0.352 e. The van der Waals surface area contributed by atoms with Crippen LogP contribution < -0.4 is 10.6 Å². The third kappa shape index (κ3) is 4.96. The van der Waals surface area contributed by atoms with Gasteiger partial charge in [0.1, 0.15) is 0 Å². The van der Waals surface area contributed by atoms with Gasteiger partial charge < -0.3 is 20.1 Å². The van der Waals surface area contributed by atoms with Crippen LogP contribution in [0, 0.1) is 13.8 Å². The van der Waals surface area contributed by atoms with E-state index < -0.39 is 0 Å². The molecule has 3 aromatic rings. The number of nitrogens with one attached hydrogen (secondary N) is 2. The molecule has 2 fully saturated rings. The van der Waals surface area contributed by atoms with E-state index in [1.54, 1.807) is 0 Å². The Balaban J connectivity index is 1.39. The van der Waals surface area contributed by atoms with Crippen molar-refractivity contribution < 1.29 is 4.79 Å². The van der Waals surface area contributed by atoms with Crippen molar-refractivity contribution in [2.45, 2.75) is 64.1 Å². The summed E-state index contributed by atoms with van der Waals surface area (Å²) >= 11 is 5.81. The number of anilines is 1. The van der Waals surface area contributed by atoms with Crippen LogP contribution in [0.3, 0.4) is 0 Å². The summed E-state index contributed by atoms with van der Waals surface area (Å²) in [6.45, 7) is 4.58. The summed E-state index contributed by atoms with van der Waals surface area (Å²) in [6.07, 6.45) is 9.34. The second-order valence-electron chi connectivity index (χ2n) is 9.72. The van der Waals surface area contributed by atoms with E-state index in [4.69, 9.17) is 12.2 Å². The third-order valence-electron chi connectivity index (χ3n) is 7.28. The molecule has 2 atom stereocenters. The van der Waals surface area contributed by atoms with Crippen LogP contribution in [0.15, 0.2) is 60.9 Å². The number of carbonyl (C=O) groups excluding carboxylic acids is 1. The smallest absolute Gasteiger partial charge is 0.226 e. The van der Waals surface area contributed by atoms with E-state index in [0.717, 1.165) is 22.5 Å². The molecule has 1 saturated heterocycles. The second kappa shape index (κ2) is 10.2. The van der Waals surface area contributed by atoms with Gasteiger partial charge in [-0.15, -0.1) is 0 Å². The van der Waals surface area contributed by atoms with Crippen molar-refractivity contribution in [3.8, 4) is 0 Å². The van der Waals surface area contributed by atoms with Crippen LogP contribution in [-0.2, 0) is 4.79 Å². The van der Waals surface area contributed by atoms with Crippen LogP contribution in [0.2, 0.25) is 0 Å². The predicted octanol–water partition coefficient (Wildman–Crippen LogP) is 5.62. The molecule has 2 N–H and O–H groups in total. The van der Waals surface area contributed by atoms with E-state index >= 15 is 0 Å². The topological polar surface area (TPSA) is 62.2 Å². The summed E-state index contributed by atoms with van der Waals surface area (Å²) < 4.78 is 2.44. The highest BCUT2D eigenvalue weighted by Gasteiger charge is 2.41. The number of carbonyl (C=O) groups is 1. The van der Waals surface area contributed by atoms with Crippen molar-refractivity contribution in [2.75, 3.05) is 11.9 Å². The summed E-state index contributed by atoms with van der Waals surface area (Å²) in [7, 11) is 0. The van der Waals surface area contributed by atoms with E-state index in [-0.39, 0.29) is 18.0 Å². The normalized spacial score (nSPS) is 20.3. The molecule has 2 unspecified atom stereocenters. The molecule has 2 aromatic heterocycles. The highest BCUT2D eigenvalue weighted by molar-refractivity contribution is 7.80. The zero-order chi connectivity index (χ0) is 24.4. The SMILES string of the molecule is Cc1ccc(C)c(NC(=O)CCN2C(=S)NC(c3ccccn3)C2c2cccn2C2CCCC2)c1. The van der Waals surface area contributed by atoms with Gasteiger partial charge in [0.2, 0.25) is 5.91 Å². The molecule has 1 saturated carbocycles. The summed E-state index contributed by atoms with van der Waals surface area (Å²) in [5.74, 6) is -0.00675. The summed E-state index contributed by atoms with van der Waals surface area (Å²) in [5.41, 5.74) is 5.25. The molecule has 7 heteroatoms. The number of aromatic nitrogens is 2. The van der Waals surface area contributed by atoms with Gasteiger partial charge in [-0.2, -0.15) is 0 Å². The molecule has 1 aliphatic carbocycles. The fourth-order valence-electron chi connectivity index (χ4n) is 5.45. The lowest BCUT2D eigenvalue weighted by Crippen LogP contribution is -2.33. The summed E-state index contributed by atoms with van der Waals surface area (Å²) in [5, 5.41) is 7.28. The van der Waals surface area contributed by atoms with Gasteiger partial charge in [0.05, 0.1) is 17.8 Å². The first kappa shape index (κ1) is 23.5. The lowest BCUT2D eigenvalue weighted by molar-refractivity contribution is -0.116. The molecule has 6 nitrogen and oxygen atoms in total. The Morgan fingerprint density at radius 3 is 2.74 bits per heavy atom. The van der Waals surface area contributed by atoms with Crippen LogP contribution in [-0.4, -0.2) is 32.0 Å². The zero-order valence-corrected chi connectivity index (χ0v) is 21.2. The molecular weight excluding hydrogens is 454 g/mol. The Hall–Kier alpha value is -3.19. The molecule has 0 radical (unpaired) electrons. The number of aryl methyl sites for hydroxylation is 2. The highest BCUT2D eigenvalue weighted by atomic mass is 32.1. The molecule has 0 bridgehead atoms. The lowest BCUT2D eigenvalue weighted by Gasteiger charge is -2.30. The van der Waals surface area contributed by atoms with Crippen LogP contribution in [0.5, 0.6) is 0 Å². The van der Waals surface area contributed by atoms with Gasteiger partial charge in [0, 0.05) is 42.8 Å². The molecule has 5 rings (SSSR count). The number of nitrogens with zero attached hydrogens (tertiary/aromatic N) is 3. The van der Waals surface area contributed by atoms with Crippen molar-refractivity contribution in [3.63, 3.8) is 0 Å². The molecule has 1 amide bonds. The largest absolute Gasteiger partial charge is 0.352 e. The number of pyridine rings is 1. The van der Waals surface area contributed by atoms with E-state index in [0.29, 0.717) is 24.1 Å². The molecular formula is C28H33N5OS. The first-order chi connectivity index (χ1) is 17.0. The van der Waals surface area contributed by atoms with E-state index in [9.17, 15) is 4.79 Å². The minimum absolute atomic E-state index is 0.00675. The quantitative estimate of drug-likeness (QED) is 0.424. The minimum atomic E-state index is -0.0687. The number of thiocarbonyl (C=S) groups is 1. The number of amides is 1. The van der Waals surface area contributed by atoms with E-state index in [1.807, 2.05) is 50.4 Å². The van der Waals surface area contributed by atoms with Crippen molar-refractivity contribution in [1.29, 1.82) is 0 Å². The maximum absolute atomic E-state index is 12.9. The van der Waals surface area contributed by atoms with Crippen molar-refractivity contribution in [3.05, 3.63) is 83.4 Å². The third-order valence-corrected chi connectivity index (χ3v) is 7.63. The van der Waals surface area contributed by atoms with Crippen molar-refractivity contribution in [1.82, 2.24) is 19.8 Å². The number of benzene rings is 1. The fraction of sp³-hybridized carbons (Fsp3) is 0.393. The molecule has 35 heavy (non-hydrogen) atoms. The standard InChI is InChI=1S/C28H33N5OS/c1-19-12-13-20(2)23(18-19)30-25(34)14-17-33-27(24-11-7-16-32(24)21-8-3-4-9-21)26(31-28(33)35)22-10-5-6-15-29-22/h5-7,10-13,15-16,18,21,26-27H,3-4,8-9,14,17H2,1-2H3,(H,30,34)(H,31,35). The van der Waals surface area contributed by atoms with Gasteiger partial charge in [0.25, 0.3) is 0 Å². The lowest BCUT2D eigenvalue weighted by atomic mass is 10.0.